The summed E-state index contributed by atoms with van der Waals surface area (Å²) in [6.07, 6.45) is 1.62. The predicted molar refractivity (Wildman–Crippen MR) is 106 cm³/mol. The van der Waals surface area contributed by atoms with Crippen LogP contribution in [-0.2, 0) is 9.53 Å². The molecule has 2 aromatic rings. The summed E-state index contributed by atoms with van der Waals surface area (Å²) >= 11 is 12.1. The molecule has 0 bridgehead atoms. The zero-order valence-corrected chi connectivity index (χ0v) is 16.3. The van der Waals surface area contributed by atoms with Gasteiger partial charge in [-0.2, -0.15) is 0 Å². The van der Waals surface area contributed by atoms with Crippen molar-refractivity contribution in [1.82, 2.24) is 0 Å². The second-order valence-electron chi connectivity index (χ2n) is 5.53. The summed E-state index contributed by atoms with van der Waals surface area (Å²) in [4.78, 5) is 16.5. The molecule has 0 unspecified atom stereocenters. The van der Waals surface area contributed by atoms with Crippen LogP contribution in [0.15, 0.2) is 47.1 Å². The van der Waals surface area contributed by atoms with Gasteiger partial charge in [-0.1, -0.05) is 29.3 Å². The van der Waals surface area contributed by atoms with Gasteiger partial charge in [0.2, 0.25) is 5.90 Å². The molecule has 27 heavy (non-hydrogen) atoms. The lowest BCUT2D eigenvalue weighted by Gasteiger charge is -2.11. The van der Waals surface area contributed by atoms with Gasteiger partial charge in [0.15, 0.2) is 17.2 Å². The van der Waals surface area contributed by atoms with Gasteiger partial charge < -0.3 is 14.2 Å². The van der Waals surface area contributed by atoms with E-state index in [2.05, 4.69) is 4.99 Å². The molecule has 5 nitrogen and oxygen atoms in total. The van der Waals surface area contributed by atoms with Crippen molar-refractivity contribution in [3.05, 3.63) is 63.3 Å². The summed E-state index contributed by atoms with van der Waals surface area (Å²) in [5.74, 6) is 0.801. The number of cyclic esters (lactones) is 1. The third-order valence-corrected chi connectivity index (χ3v) is 4.21. The van der Waals surface area contributed by atoms with E-state index in [9.17, 15) is 4.79 Å². The first kappa shape index (κ1) is 19.3. The van der Waals surface area contributed by atoms with Crippen LogP contribution in [0.2, 0.25) is 10.0 Å². The number of aliphatic imine (C=N–C) groups is 1. The number of ether oxygens (including phenoxy) is 3. The van der Waals surface area contributed by atoms with Crippen LogP contribution < -0.4 is 9.47 Å². The highest BCUT2D eigenvalue weighted by atomic mass is 35.5. The van der Waals surface area contributed by atoms with E-state index in [1.165, 1.54) is 0 Å². The van der Waals surface area contributed by atoms with Gasteiger partial charge in [0.1, 0.15) is 0 Å². The van der Waals surface area contributed by atoms with Crippen molar-refractivity contribution in [3.63, 3.8) is 0 Å². The molecule has 0 saturated heterocycles. The van der Waals surface area contributed by atoms with Crippen LogP contribution >= 0.6 is 23.2 Å². The summed E-state index contributed by atoms with van der Waals surface area (Å²) in [6, 6.07) is 10.3. The zero-order chi connectivity index (χ0) is 19.4. The first-order valence-electron chi connectivity index (χ1n) is 8.39. The first-order chi connectivity index (χ1) is 13.0. The van der Waals surface area contributed by atoms with E-state index >= 15 is 0 Å². The minimum absolute atomic E-state index is 0.120. The Bertz CT molecular complexity index is 938. The number of esters is 1. The monoisotopic (exact) mass is 405 g/mol. The highest BCUT2D eigenvalue weighted by Crippen LogP contribution is 2.31. The second-order valence-corrected chi connectivity index (χ2v) is 6.38. The number of benzene rings is 2. The SMILES string of the molecule is CCOc1ccc(C=C2N=C(c3cc(Cl)ccc3Cl)OC2=O)cc1OCC. The fraction of sp³-hybridized carbons (Fsp3) is 0.200. The fourth-order valence-electron chi connectivity index (χ4n) is 2.50. The molecule has 1 aliphatic heterocycles. The molecule has 0 radical (unpaired) electrons. The smallest absolute Gasteiger partial charge is 0.363 e. The number of carbonyl (C=O) groups excluding carboxylic acids is 1. The maximum absolute atomic E-state index is 12.2. The molecule has 0 saturated carbocycles. The normalized spacial score (nSPS) is 14.9. The molecule has 0 atom stereocenters. The van der Waals surface area contributed by atoms with Gasteiger partial charge in [-0.15, -0.1) is 0 Å². The van der Waals surface area contributed by atoms with Gasteiger partial charge in [0, 0.05) is 5.02 Å². The second kappa shape index (κ2) is 8.46. The number of hydrogen-bond acceptors (Lipinski definition) is 5. The van der Waals surface area contributed by atoms with Crippen molar-refractivity contribution in [1.29, 1.82) is 0 Å². The van der Waals surface area contributed by atoms with E-state index in [1.807, 2.05) is 19.9 Å². The third-order valence-electron chi connectivity index (χ3n) is 3.65. The van der Waals surface area contributed by atoms with Crippen LogP contribution in [0.3, 0.4) is 0 Å². The number of nitrogens with zero attached hydrogens (tertiary/aromatic N) is 1. The molecule has 2 aromatic carbocycles. The molecule has 0 amide bonds. The van der Waals surface area contributed by atoms with Crippen LogP contribution in [0.1, 0.15) is 25.0 Å². The molecule has 0 fully saturated rings. The van der Waals surface area contributed by atoms with Crippen molar-refractivity contribution < 1.29 is 19.0 Å². The minimum atomic E-state index is -0.562. The Labute approximate surface area is 167 Å². The van der Waals surface area contributed by atoms with E-state index in [0.29, 0.717) is 40.3 Å². The number of carbonyl (C=O) groups is 1. The van der Waals surface area contributed by atoms with Crippen molar-refractivity contribution >= 4 is 41.1 Å². The Morgan fingerprint density at radius 2 is 1.78 bits per heavy atom. The van der Waals surface area contributed by atoms with Crippen molar-refractivity contribution in [2.45, 2.75) is 13.8 Å². The maximum atomic E-state index is 12.2. The van der Waals surface area contributed by atoms with Crippen molar-refractivity contribution in [2.75, 3.05) is 13.2 Å². The first-order valence-corrected chi connectivity index (χ1v) is 9.15. The molecule has 7 heteroatoms. The standard InChI is InChI=1S/C20H17Cl2NO4/c1-3-25-17-8-5-12(10-18(17)26-4-2)9-16-20(24)27-19(23-16)14-11-13(21)6-7-15(14)22/h5-11H,3-4H2,1-2H3. The lowest BCUT2D eigenvalue weighted by molar-refractivity contribution is -0.129. The number of rotatable bonds is 6. The average Bonchev–Trinajstić information content (AvgIpc) is 3.00. The van der Waals surface area contributed by atoms with Gasteiger partial charge in [-0.25, -0.2) is 9.79 Å². The Hall–Kier alpha value is -2.50. The molecule has 0 aromatic heterocycles. The van der Waals surface area contributed by atoms with E-state index in [1.54, 1.807) is 36.4 Å². The van der Waals surface area contributed by atoms with E-state index in [0.717, 1.165) is 5.56 Å². The minimum Gasteiger partial charge on any atom is -0.490 e. The molecular weight excluding hydrogens is 389 g/mol. The fourth-order valence-corrected chi connectivity index (χ4v) is 2.87. The Balaban J connectivity index is 1.94. The number of halogens is 2. The van der Waals surface area contributed by atoms with Gasteiger partial charge in [0.05, 0.1) is 23.8 Å². The van der Waals surface area contributed by atoms with E-state index in [4.69, 9.17) is 37.4 Å². The summed E-state index contributed by atoms with van der Waals surface area (Å²) in [6.45, 7) is 4.82. The summed E-state index contributed by atoms with van der Waals surface area (Å²) < 4.78 is 16.4. The van der Waals surface area contributed by atoms with Gasteiger partial charge >= 0.3 is 5.97 Å². The Morgan fingerprint density at radius 1 is 1.04 bits per heavy atom. The van der Waals surface area contributed by atoms with Crippen molar-refractivity contribution in [3.8, 4) is 11.5 Å². The Morgan fingerprint density at radius 3 is 2.52 bits per heavy atom. The molecule has 3 rings (SSSR count). The lowest BCUT2D eigenvalue weighted by atomic mass is 10.1. The Kier molecular flexibility index (Phi) is 6.04. The number of hydrogen-bond donors (Lipinski definition) is 0. The highest BCUT2D eigenvalue weighted by molar-refractivity contribution is 6.36. The van der Waals surface area contributed by atoms with Gasteiger partial charge in [0.25, 0.3) is 0 Å². The van der Waals surface area contributed by atoms with E-state index < -0.39 is 5.97 Å². The topological polar surface area (TPSA) is 57.1 Å². The van der Waals surface area contributed by atoms with Crippen LogP contribution in [0, 0.1) is 0 Å². The zero-order valence-electron chi connectivity index (χ0n) is 14.8. The molecule has 1 heterocycles. The molecule has 0 spiro atoms. The summed E-state index contributed by atoms with van der Waals surface area (Å²) in [5, 5.41) is 0.866. The van der Waals surface area contributed by atoms with Crippen LogP contribution in [0.4, 0.5) is 0 Å². The largest absolute Gasteiger partial charge is 0.490 e. The molecular formula is C20H17Cl2NO4. The van der Waals surface area contributed by atoms with Gasteiger partial charge in [-0.3, -0.25) is 0 Å². The van der Waals surface area contributed by atoms with Crippen LogP contribution in [0.25, 0.3) is 6.08 Å². The predicted octanol–water partition coefficient (Wildman–Crippen LogP) is 5.14. The highest BCUT2D eigenvalue weighted by Gasteiger charge is 2.26. The summed E-state index contributed by atoms with van der Waals surface area (Å²) in [7, 11) is 0. The quantitative estimate of drug-likeness (QED) is 0.493. The van der Waals surface area contributed by atoms with Crippen LogP contribution in [-0.4, -0.2) is 25.1 Å². The van der Waals surface area contributed by atoms with Crippen molar-refractivity contribution in [2.24, 2.45) is 4.99 Å². The third kappa shape index (κ3) is 4.43. The molecule has 140 valence electrons. The van der Waals surface area contributed by atoms with Crippen LogP contribution in [0.5, 0.6) is 11.5 Å². The summed E-state index contributed by atoms with van der Waals surface area (Å²) in [5.41, 5.74) is 1.35. The molecule has 1 aliphatic rings. The average molecular weight is 406 g/mol. The van der Waals surface area contributed by atoms with E-state index in [-0.39, 0.29) is 11.6 Å². The molecule has 0 N–H and O–H groups in total. The maximum Gasteiger partial charge on any atom is 0.363 e. The lowest BCUT2D eigenvalue weighted by Crippen LogP contribution is -2.06. The molecule has 0 aliphatic carbocycles. The van der Waals surface area contributed by atoms with Gasteiger partial charge in [-0.05, 0) is 55.8 Å².